The molecule has 0 aliphatic rings. The maximum absolute atomic E-state index is 13.5. The summed E-state index contributed by atoms with van der Waals surface area (Å²) in [6.45, 7) is 0.219. The summed E-state index contributed by atoms with van der Waals surface area (Å²) < 4.78 is 13.5. The molecule has 0 aliphatic carbocycles. The van der Waals surface area contributed by atoms with E-state index in [4.69, 9.17) is 5.11 Å². The van der Waals surface area contributed by atoms with E-state index in [1.165, 1.54) is 0 Å². The van der Waals surface area contributed by atoms with Crippen LogP contribution in [0.4, 0.5) is 0 Å². The van der Waals surface area contributed by atoms with Crippen molar-refractivity contribution < 1.29 is 9.67 Å². The van der Waals surface area contributed by atoms with Crippen molar-refractivity contribution in [3.8, 4) is 0 Å². The fourth-order valence-corrected chi connectivity index (χ4v) is 10.3. The van der Waals surface area contributed by atoms with Crippen LogP contribution in [0.5, 0.6) is 0 Å². The molecule has 2 aromatic carbocycles. The Labute approximate surface area is 126 Å². The Kier molecular flexibility index (Phi) is 6.06. The molecule has 0 bridgehead atoms. The minimum absolute atomic E-state index is 0.0326. The van der Waals surface area contributed by atoms with E-state index in [1.54, 1.807) is 0 Å². The number of hydrogen-bond donors (Lipinski definition) is 1. The molecule has 1 N–H and O–H groups in total. The van der Waals surface area contributed by atoms with Gasteiger partial charge in [-0.1, -0.05) is 0 Å². The third-order valence-electron chi connectivity index (χ3n) is 3.02. The van der Waals surface area contributed by atoms with Gasteiger partial charge in [-0.3, -0.25) is 0 Å². The van der Waals surface area contributed by atoms with Gasteiger partial charge in [-0.15, -0.1) is 0 Å². The Morgan fingerprint density at radius 2 is 1.35 bits per heavy atom. The molecule has 20 heavy (non-hydrogen) atoms. The third-order valence-corrected chi connectivity index (χ3v) is 12.2. The van der Waals surface area contributed by atoms with Gasteiger partial charge in [0.2, 0.25) is 0 Å². The molecule has 2 nitrogen and oxygen atoms in total. The zero-order chi connectivity index (χ0) is 14.3. The number of hydrogen-bond acceptors (Lipinski definition) is 2. The zero-order valence-electron chi connectivity index (χ0n) is 11.3. The molecule has 0 atom stereocenters. The molecular formula is C16H19O2PSe. The molecule has 0 fully saturated rings. The molecule has 0 radical (unpaired) electrons. The van der Waals surface area contributed by atoms with Crippen LogP contribution < -0.4 is 10.6 Å². The van der Waals surface area contributed by atoms with Crippen molar-refractivity contribution in [2.45, 2.75) is 18.2 Å². The van der Waals surface area contributed by atoms with Crippen molar-refractivity contribution in [1.29, 1.82) is 0 Å². The van der Waals surface area contributed by atoms with Gasteiger partial charge in [-0.05, 0) is 0 Å². The number of unbranched alkanes of at least 4 members (excludes halogenated alkanes) is 1. The van der Waals surface area contributed by atoms with Crippen LogP contribution in [0, 0.1) is 0 Å². The molecule has 0 unspecified atom stereocenters. The first kappa shape index (κ1) is 15.5. The van der Waals surface area contributed by atoms with Crippen LogP contribution in [0.3, 0.4) is 0 Å². The van der Waals surface area contributed by atoms with Crippen LogP contribution in [0.2, 0.25) is 5.32 Å². The average Bonchev–Trinajstić information content (AvgIpc) is 2.53. The maximum atomic E-state index is 13.5. The van der Waals surface area contributed by atoms with Crippen molar-refractivity contribution in [1.82, 2.24) is 0 Å². The molecule has 0 saturated heterocycles. The standard InChI is InChI=1S/C16H19O2PSe/c17-13-7-8-14-20-19(18,15-9-3-1-4-10-15)16-11-5-2-6-12-16/h1-6,9-12,17H,7-8,13-14H2. The minimum atomic E-state index is -2.48. The van der Waals surface area contributed by atoms with Gasteiger partial charge >= 0.3 is 126 Å². The van der Waals surface area contributed by atoms with E-state index >= 15 is 0 Å². The summed E-state index contributed by atoms with van der Waals surface area (Å²) in [5.41, 5.74) is 0. The summed E-state index contributed by atoms with van der Waals surface area (Å²) in [4.78, 5) is 0. The molecule has 106 valence electrons. The Morgan fingerprint density at radius 3 is 1.80 bits per heavy atom. The van der Waals surface area contributed by atoms with E-state index < -0.39 is 5.83 Å². The van der Waals surface area contributed by atoms with E-state index in [1.807, 2.05) is 60.7 Å². The van der Waals surface area contributed by atoms with Crippen molar-refractivity contribution in [2.24, 2.45) is 0 Å². The van der Waals surface area contributed by atoms with E-state index in [9.17, 15) is 4.57 Å². The van der Waals surface area contributed by atoms with Crippen LogP contribution in [0.1, 0.15) is 12.8 Å². The normalized spacial score (nSPS) is 11.4. The molecule has 0 saturated carbocycles. The first-order valence-electron chi connectivity index (χ1n) is 6.74. The molecule has 2 aromatic rings. The van der Waals surface area contributed by atoms with Crippen molar-refractivity contribution in [2.75, 3.05) is 6.61 Å². The Bertz CT molecular complexity index is 514. The second-order valence-corrected chi connectivity index (χ2v) is 12.6. The predicted molar refractivity (Wildman–Crippen MR) is 86.6 cm³/mol. The van der Waals surface area contributed by atoms with Gasteiger partial charge in [-0.25, -0.2) is 0 Å². The monoisotopic (exact) mass is 354 g/mol. The van der Waals surface area contributed by atoms with Gasteiger partial charge in [0.1, 0.15) is 0 Å². The fraction of sp³-hybridized carbons (Fsp3) is 0.250. The van der Waals surface area contributed by atoms with E-state index in [0.29, 0.717) is 0 Å². The summed E-state index contributed by atoms with van der Waals surface area (Å²) >= 11 is 0.0326. The van der Waals surface area contributed by atoms with Crippen LogP contribution in [0.25, 0.3) is 0 Å². The number of benzene rings is 2. The van der Waals surface area contributed by atoms with Crippen molar-refractivity contribution >= 4 is 31.0 Å². The Hall–Kier alpha value is -0.851. The molecule has 4 heteroatoms. The molecule has 0 aliphatic heterocycles. The number of aliphatic hydroxyl groups is 1. The molecule has 2 rings (SSSR count). The van der Waals surface area contributed by atoms with Crippen LogP contribution in [0.15, 0.2) is 60.7 Å². The number of rotatable bonds is 7. The first-order valence-corrected chi connectivity index (χ1v) is 11.9. The van der Waals surface area contributed by atoms with Crippen molar-refractivity contribution in [3.63, 3.8) is 0 Å². The molecule has 0 spiro atoms. The predicted octanol–water partition coefficient (Wildman–Crippen LogP) is 2.81. The van der Waals surface area contributed by atoms with Gasteiger partial charge in [-0.2, -0.15) is 0 Å². The Morgan fingerprint density at radius 1 is 0.850 bits per heavy atom. The first-order chi connectivity index (χ1) is 9.77. The summed E-state index contributed by atoms with van der Waals surface area (Å²) in [6.07, 6.45) is 1.74. The van der Waals surface area contributed by atoms with E-state index in [2.05, 4.69) is 0 Å². The Balaban J connectivity index is 2.27. The van der Waals surface area contributed by atoms with Gasteiger partial charge in [0.15, 0.2) is 0 Å². The third kappa shape index (κ3) is 3.84. The van der Waals surface area contributed by atoms with Gasteiger partial charge in [0.25, 0.3) is 0 Å². The summed E-state index contributed by atoms with van der Waals surface area (Å²) in [5.74, 6) is -2.48. The molecule has 0 amide bonds. The second kappa shape index (κ2) is 7.81. The van der Waals surface area contributed by atoms with Gasteiger partial charge in [0.05, 0.1) is 0 Å². The molecule has 0 aromatic heterocycles. The van der Waals surface area contributed by atoms with Crippen molar-refractivity contribution in [3.05, 3.63) is 60.7 Å². The number of aliphatic hydroxyl groups excluding tert-OH is 1. The van der Waals surface area contributed by atoms with Crippen LogP contribution >= 0.6 is 5.83 Å². The van der Waals surface area contributed by atoms with Gasteiger partial charge < -0.3 is 0 Å². The SMILES string of the molecule is O=P([Se]CCCCO)(c1ccccc1)c1ccccc1. The zero-order valence-corrected chi connectivity index (χ0v) is 13.9. The van der Waals surface area contributed by atoms with E-state index in [-0.39, 0.29) is 21.1 Å². The second-order valence-electron chi connectivity index (χ2n) is 4.49. The van der Waals surface area contributed by atoms with Crippen LogP contribution in [-0.2, 0) is 4.57 Å². The molecule has 0 heterocycles. The topological polar surface area (TPSA) is 37.3 Å². The fourth-order valence-electron chi connectivity index (χ4n) is 1.95. The summed E-state index contributed by atoms with van der Waals surface area (Å²) in [7, 11) is 0. The van der Waals surface area contributed by atoms with E-state index in [0.717, 1.165) is 28.8 Å². The summed E-state index contributed by atoms with van der Waals surface area (Å²) in [5, 5.41) is 11.7. The molecular weight excluding hydrogens is 334 g/mol. The van der Waals surface area contributed by atoms with Crippen LogP contribution in [-0.4, -0.2) is 26.2 Å². The quantitative estimate of drug-likeness (QED) is 0.472. The summed E-state index contributed by atoms with van der Waals surface area (Å²) in [6, 6.07) is 19.6. The van der Waals surface area contributed by atoms with Gasteiger partial charge in [0, 0.05) is 0 Å². The average molecular weight is 353 g/mol.